The van der Waals surface area contributed by atoms with Gasteiger partial charge in [0, 0.05) is 12.6 Å². The van der Waals surface area contributed by atoms with Crippen molar-refractivity contribution in [2.24, 2.45) is 5.92 Å². The topological polar surface area (TPSA) is 74.5 Å². The molecular formula is C12H18INO4. The lowest BCUT2D eigenvalue weighted by molar-refractivity contribution is -0.168. The number of rotatable bonds is 3. The van der Waals surface area contributed by atoms with Crippen LogP contribution in [0.2, 0.25) is 0 Å². The third-order valence-corrected chi connectivity index (χ3v) is 5.28. The van der Waals surface area contributed by atoms with Gasteiger partial charge in [-0.1, -0.05) is 22.6 Å². The summed E-state index contributed by atoms with van der Waals surface area (Å²) in [5.74, 6) is -1.04. The number of halogens is 1. The molecule has 2 heterocycles. The van der Waals surface area contributed by atoms with Crippen LogP contribution in [0.25, 0.3) is 0 Å². The molecule has 0 aliphatic carbocycles. The highest BCUT2D eigenvalue weighted by molar-refractivity contribution is 14.1. The molecule has 0 aromatic heterocycles. The van der Waals surface area contributed by atoms with Gasteiger partial charge in [0.05, 0.1) is 5.92 Å². The highest BCUT2D eigenvalue weighted by atomic mass is 127. The van der Waals surface area contributed by atoms with Crippen LogP contribution in [0, 0.1) is 5.92 Å². The zero-order valence-corrected chi connectivity index (χ0v) is 13.1. The first-order valence-electron chi connectivity index (χ1n) is 6.06. The molecule has 0 bridgehead atoms. The van der Waals surface area contributed by atoms with Gasteiger partial charge in [-0.05, 0) is 27.7 Å². The van der Waals surface area contributed by atoms with Crippen molar-refractivity contribution in [3.8, 4) is 0 Å². The molecule has 6 heteroatoms. The molecular weight excluding hydrogens is 349 g/mol. The normalized spacial score (nSPS) is 42.1. The van der Waals surface area contributed by atoms with Crippen LogP contribution in [-0.2, 0) is 19.1 Å². The second-order valence-electron chi connectivity index (χ2n) is 5.41. The van der Waals surface area contributed by atoms with Gasteiger partial charge in [0.15, 0.2) is 5.60 Å². The molecule has 5 unspecified atom stereocenters. The summed E-state index contributed by atoms with van der Waals surface area (Å²) in [6.07, 6.45) is -0.414. The predicted octanol–water partition coefficient (Wildman–Crippen LogP) is 1.04. The Hall–Kier alpha value is -0.370. The molecule has 2 rings (SSSR count). The maximum Gasteiger partial charge on any atom is 0.324 e. The lowest BCUT2D eigenvalue weighted by atomic mass is 9.88. The van der Waals surface area contributed by atoms with Crippen molar-refractivity contribution in [2.45, 2.75) is 48.9 Å². The fourth-order valence-electron chi connectivity index (χ4n) is 2.03. The lowest BCUT2D eigenvalue weighted by Crippen LogP contribution is -2.49. The van der Waals surface area contributed by atoms with Gasteiger partial charge in [-0.2, -0.15) is 0 Å². The Kier molecular flexibility index (Phi) is 3.38. The molecule has 0 radical (unpaired) electrons. The smallest absolute Gasteiger partial charge is 0.324 e. The zero-order valence-electron chi connectivity index (χ0n) is 11.0. The average Bonchev–Trinajstić information content (AvgIpc) is 3.08. The SMILES string of the molecule is CC1OC(=O)C(C)C1(C)OC(=O)C(C)(I)C1CN1. The highest BCUT2D eigenvalue weighted by Crippen LogP contribution is 2.39. The third kappa shape index (κ3) is 2.13. The third-order valence-electron chi connectivity index (χ3n) is 4.09. The minimum absolute atomic E-state index is 0.151. The van der Waals surface area contributed by atoms with E-state index in [4.69, 9.17) is 9.47 Å². The Bertz CT molecular complexity index is 394. The van der Waals surface area contributed by atoms with Crippen LogP contribution in [0.4, 0.5) is 0 Å². The van der Waals surface area contributed by atoms with Crippen molar-refractivity contribution in [3.63, 3.8) is 0 Å². The number of carbonyl (C=O) groups excluding carboxylic acids is 2. The molecule has 102 valence electrons. The van der Waals surface area contributed by atoms with Crippen molar-refractivity contribution < 1.29 is 19.1 Å². The molecule has 5 atom stereocenters. The number of cyclic esters (lactones) is 1. The lowest BCUT2D eigenvalue weighted by Gasteiger charge is -2.32. The van der Waals surface area contributed by atoms with Gasteiger partial charge in [-0.15, -0.1) is 0 Å². The average molecular weight is 367 g/mol. The van der Waals surface area contributed by atoms with E-state index >= 15 is 0 Å². The predicted molar refractivity (Wildman–Crippen MR) is 73.4 cm³/mol. The largest absolute Gasteiger partial charge is 0.458 e. The maximum atomic E-state index is 12.3. The second-order valence-corrected chi connectivity index (χ2v) is 7.65. The summed E-state index contributed by atoms with van der Waals surface area (Å²) >= 11 is 2.10. The van der Waals surface area contributed by atoms with Crippen LogP contribution >= 0.6 is 22.6 Å². The molecule has 2 fully saturated rings. The summed E-state index contributed by atoms with van der Waals surface area (Å²) in [5.41, 5.74) is -0.879. The summed E-state index contributed by atoms with van der Waals surface area (Å²) in [6.45, 7) is 7.93. The minimum Gasteiger partial charge on any atom is -0.458 e. The van der Waals surface area contributed by atoms with Crippen molar-refractivity contribution in [1.29, 1.82) is 0 Å². The van der Waals surface area contributed by atoms with Gasteiger partial charge >= 0.3 is 11.9 Å². The van der Waals surface area contributed by atoms with Crippen molar-refractivity contribution in [1.82, 2.24) is 5.32 Å². The van der Waals surface area contributed by atoms with Crippen LogP contribution in [0.15, 0.2) is 0 Å². The molecule has 5 nitrogen and oxygen atoms in total. The quantitative estimate of drug-likeness (QED) is 0.349. The van der Waals surface area contributed by atoms with E-state index in [0.29, 0.717) is 0 Å². The minimum atomic E-state index is -0.879. The molecule has 0 aromatic rings. The maximum absolute atomic E-state index is 12.3. The van der Waals surface area contributed by atoms with Crippen LogP contribution < -0.4 is 5.32 Å². The monoisotopic (exact) mass is 367 g/mol. The number of alkyl halides is 1. The summed E-state index contributed by atoms with van der Waals surface area (Å²) < 4.78 is 10.2. The Balaban J connectivity index is 2.13. The van der Waals surface area contributed by atoms with Crippen molar-refractivity contribution in [2.75, 3.05) is 6.54 Å². The molecule has 1 N–H and O–H groups in total. The van der Waals surface area contributed by atoms with Gasteiger partial charge in [0.2, 0.25) is 0 Å². The molecule has 0 aromatic carbocycles. The number of nitrogens with one attached hydrogen (secondary N) is 1. The summed E-state index contributed by atoms with van der Waals surface area (Å²) in [5, 5.41) is 3.12. The molecule has 2 aliphatic heterocycles. The Morgan fingerprint density at radius 1 is 1.61 bits per heavy atom. The summed E-state index contributed by atoms with van der Waals surface area (Å²) in [4.78, 5) is 23.8. The first-order valence-corrected chi connectivity index (χ1v) is 7.13. The molecule has 18 heavy (non-hydrogen) atoms. The Morgan fingerprint density at radius 2 is 2.17 bits per heavy atom. The van der Waals surface area contributed by atoms with Gasteiger partial charge in [-0.25, -0.2) is 0 Å². The molecule has 2 aliphatic rings. The van der Waals surface area contributed by atoms with Gasteiger partial charge < -0.3 is 14.8 Å². The van der Waals surface area contributed by atoms with E-state index in [1.54, 1.807) is 20.8 Å². The summed E-state index contributed by atoms with van der Waals surface area (Å²) in [7, 11) is 0. The van der Waals surface area contributed by atoms with E-state index in [2.05, 4.69) is 27.9 Å². The van der Waals surface area contributed by atoms with Crippen molar-refractivity contribution >= 4 is 34.5 Å². The first-order chi connectivity index (χ1) is 8.19. The highest BCUT2D eigenvalue weighted by Gasteiger charge is 2.56. The number of esters is 2. The fourth-order valence-corrected chi connectivity index (χ4v) is 2.59. The Morgan fingerprint density at radius 3 is 2.56 bits per heavy atom. The van der Waals surface area contributed by atoms with Crippen LogP contribution in [0.1, 0.15) is 27.7 Å². The van der Waals surface area contributed by atoms with E-state index in [-0.39, 0.29) is 18.0 Å². The van der Waals surface area contributed by atoms with E-state index in [9.17, 15) is 9.59 Å². The molecule has 0 saturated carbocycles. The van der Waals surface area contributed by atoms with E-state index in [0.717, 1.165) is 6.54 Å². The summed E-state index contributed by atoms with van der Waals surface area (Å²) in [6, 6.07) is 0.151. The zero-order chi connectivity index (χ0) is 13.7. The number of hydrogen-bond acceptors (Lipinski definition) is 5. The standard InChI is InChI=1S/C12H18INO4/c1-6-9(15)17-7(2)12(6,4)18-10(16)11(3,13)8-5-14-8/h6-8,14H,5H2,1-4H3. The number of carbonyl (C=O) groups is 2. The molecule has 0 spiro atoms. The van der Waals surface area contributed by atoms with Gasteiger partial charge in [-0.3, -0.25) is 9.59 Å². The van der Waals surface area contributed by atoms with Crippen LogP contribution in [0.3, 0.4) is 0 Å². The van der Waals surface area contributed by atoms with Gasteiger partial charge in [0.25, 0.3) is 0 Å². The molecule has 2 saturated heterocycles. The van der Waals surface area contributed by atoms with Crippen molar-refractivity contribution in [3.05, 3.63) is 0 Å². The number of ether oxygens (including phenoxy) is 2. The van der Waals surface area contributed by atoms with Crippen LogP contribution in [-0.4, -0.2) is 39.7 Å². The Labute approximate surface area is 120 Å². The first kappa shape index (κ1) is 14.0. The van der Waals surface area contributed by atoms with E-state index < -0.39 is 21.0 Å². The van der Waals surface area contributed by atoms with E-state index in [1.165, 1.54) is 0 Å². The fraction of sp³-hybridized carbons (Fsp3) is 0.833. The van der Waals surface area contributed by atoms with Gasteiger partial charge in [0.1, 0.15) is 9.53 Å². The number of hydrogen-bond donors (Lipinski definition) is 1. The van der Waals surface area contributed by atoms with Crippen LogP contribution in [0.5, 0.6) is 0 Å². The van der Waals surface area contributed by atoms with E-state index in [1.807, 2.05) is 6.92 Å². The molecule has 0 amide bonds. The second kappa shape index (κ2) is 4.33.